The minimum atomic E-state index is -4.32. The molecule has 1 atom stereocenters. The highest BCUT2D eigenvalue weighted by Crippen LogP contribution is 2.31. The molecular weight excluding hydrogens is 241 g/mol. The molecule has 1 rings (SSSR count). The van der Waals surface area contributed by atoms with Gasteiger partial charge in [-0.15, -0.1) is 0 Å². The number of alkyl halides is 3. The minimum Gasteiger partial charge on any atom is -0.263 e. The number of hydrogen-bond acceptors (Lipinski definition) is 1. The molecule has 1 heterocycles. The van der Waals surface area contributed by atoms with Crippen molar-refractivity contribution in [1.82, 2.24) is 9.78 Å². The molecule has 0 saturated carbocycles. The number of halogens is 3. The van der Waals surface area contributed by atoms with Crippen LogP contribution >= 0.6 is 0 Å². The van der Waals surface area contributed by atoms with E-state index >= 15 is 0 Å². The number of rotatable bonds is 6. The first kappa shape index (κ1) is 15.1. The topological polar surface area (TPSA) is 17.8 Å². The second-order valence-electron chi connectivity index (χ2n) is 4.83. The molecule has 0 aliphatic rings. The van der Waals surface area contributed by atoms with Crippen LogP contribution in [-0.4, -0.2) is 9.78 Å². The van der Waals surface area contributed by atoms with Crippen LogP contribution < -0.4 is 0 Å². The zero-order valence-corrected chi connectivity index (χ0v) is 11.2. The Morgan fingerprint density at radius 3 is 2.44 bits per heavy atom. The van der Waals surface area contributed by atoms with E-state index in [1.54, 1.807) is 0 Å². The second-order valence-corrected chi connectivity index (χ2v) is 4.83. The van der Waals surface area contributed by atoms with Gasteiger partial charge in [-0.3, -0.25) is 4.68 Å². The highest BCUT2D eigenvalue weighted by atomic mass is 19.4. The SMILES string of the molecule is CCCCCCC(C)c1cc(C(F)(F)F)n(C)n1. The van der Waals surface area contributed by atoms with Crippen molar-refractivity contribution in [2.45, 2.75) is 58.0 Å². The fourth-order valence-corrected chi connectivity index (χ4v) is 2.02. The van der Waals surface area contributed by atoms with Crippen molar-refractivity contribution in [3.63, 3.8) is 0 Å². The van der Waals surface area contributed by atoms with E-state index in [0.29, 0.717) is 5.69 Å². The van der Waals surface area contributed by atoms with Gasteiger partial charge in [-0.2, -0.15) is 18.3 Å². The van der Waals surface area contributed by atoms with Crippen molar-refractivity contribution in [2.24, 2.45) is 7.05 Å². The molecular formula is C13H21F3N2. The summed E-state index contributed by atoms with van der Waals surface area (Å²) in [5.74, 6) is 0.0872. The van der Waals surface area contributed by atoms with Crippen LogP contribution in [-0.2, 0) is 13.2 Å². The summed E-state index contributed by atoms with van der Waals surface area (Å²) in [6, 6.07) is 1.17. The predicted octanol–water partition coefficient (Wildman–Crippen LogP) is 4.51. The summed E-state index contributed by atoms with van der Waals surface area (Å²) in [6.45, 7) is 4.08. The Morgan fingerprint density at radius 2 is 1.94 bits per heavy atom. The first-order chi connectivity index (χ1) is 8.36. The van der Waals surface area contributed by atoms with Crippen LogP contribution in [0.15, 0.2) is 6.07 Å². The van der Waals surface area contributed by atoms with Gasteiger partial charge in [-0.05, 0) is 12.5 Å². The van der Waals surface area contributed by atoms with Gasteiger partial charge in [0.05, 0.1) is 5.69 Å². The first-order valence-corrected chi connectivity index (χ1v) is 6.47. The third-order valence-electron chi connectivity index (χ3n) is 3.18. The third kappa shape index (κ3) is 4.03. The molecule has 0 aromatic carbocycles. The third-order valence-corrected chi connectivity index (χ3v) is 3.18. The smallest absolute Gasteiger partial charge is 0.263 e. The maximum atomic E-state index is 12.6. The Balaban J connectivity index is 2.61. The largest absolute Gasteiger partial charge is 0.433 e. The minimum absolute atomic E-state index is 0.0872. The summed E-state index contributed by atoms with van der Waals surface area (Å²) >= 11 is 0. The summed E-state index contributed by atoms with van der Waals surface area (Å²) in [5.41, 5.74) is -0.126. The highest BCUT2D eigenvalue weighted by molar-refractivity contribution is 5.16. The van der Waals surface area contributed by atoms with E-state index in [-0.39, 0.29) is 5.92 Å². The lowest BCUT2D eigenvalue weighted by Crippen LogP contribution is -2.11. The molecule has 0 spiro atoms. The van der Waals surface area contributed by atoms with Gasteiger partial charge in [-0.1, -0.05) is 39.5 Å². The molecule has 0 radical (unpaired) electrons. The molecule has 2 nitrogen and oxygen atoms in total. The summed E-state index contributed by atoms with van der Waals surface area (Å²) in [4.78, 5) is 0. The van der Waals surface area contributed by atoms with E-state index < -0.39 is 11.9 Å². The Labute approximate surface area is 106 Å². The van der Waals surface area contributed by atoms with Crippen LogP contribution in [0.5, 0.6) is 0 Å². The molecule has 0 fully saturated rings. The highest BCUT2D eigenvalue weighted by Gasteiger charge is 2.35. The van der Waals surface area contributed by atoms with Crippen LogP contribution in [0.4, 0.5) is 13.2 Å². The van der Waals surface area contributed by atoms with Gasteiger partial charge in [0.15, 0.2) is 0 Å². The molecule has 0 amide bonds. The molecule has 0 aliphatic carbocycles. The van der Waals surface area contributed by atoms with E-state index in [9.17, 15) is 13.2 Å². The predicted molar refractivity (Wildman–Crippen MR) is 65.4 cm³/mol. The quantitative estimate of drug-likeness (QED) is 0.689. The van der Waals surface area contributed by atoms with Crippen LogP contribution in [0.1, 0.15) is 63.3 Å². The standard InChI is InChI=1S/C13H21F3N2/c1-4-5-6-7-8-10(2)11-9-12(13(14,15)16)18(3)17-11/h9-10H,4-8H2,1-3H3. The molecule has 104 valence electrons. The van der Waals surface area contributed by atoms with E-state index in [2.05, 4.69) is 12.0 Å². The van der Waals surface area contributed by atoms with E-state index in [1.807, 2.05) is 6.92 Å². The van der Waals surface area contributed by atoms with Crippen molar-refractivity contribution in [2.75, 3.05) is 0 Å². The Bertz CT molecular complexity index is 369. The van der Waals surface area contributed by atoms with Gasteiger partial charge in [0.2, 0.25) is 0 Å². The lowest BCUT2D eigenvalue weighted by molar-refractivity contribution is -0.143. The molecule has 0 N–H and O–H groups in total. The van der Waals surface area contributed by atoms with Gasteiger partial charge in [0.25, 0.3) is 0 Å². The maximum absolute atomic E-state index is 12.6. The van der Waals surface area contributed by atoms with Gasteiger partial charge >= 0.3 is 6.18 Å². The molecule has 0 saturated heterocycles. The molecule has 1 aromatic heterocycles. The van der Waals surface area contributed by atoms with E-state index in [0.717, 1.165) is 30.4 Å². The summed E-state index contributed by atoms with van der Waals surface area (Å²) in [6.07, 6.45) is 1.11. The van der Waals surface area contributed by atoms with Gasteiger partial charge in [0.1, 0.15) is 5.69 Å². The van der Waals surface area contributed by atoms with Gasteiger partial charge in [0, 0.05) is 13.0 Å². The Morgan fingerprint density at radius 1 is 1.28 bits per heavy atom. The number of hydrogen-bond donors (Lipinski definition) is 0. The van der Waals surface area contributed by atoms with Crippen molar-refractivity contribution < 1.29 is 13.2 Å². The molecule has 1 unspecified atom stereocenters. The zero-order valence-electron chi connectivity index (χ0n) is 11.2. The summed E-state index contributed by atoms with van der Waals surface area (Å²) < 4.78 is 38.8. The monoisotopic (exact) mass is 262 g/mol. The number of nitrogens with zero attached hydrogens (tertiary/aromatic N) is 2. The van der Waals surface area contributed by atoms with Crippen LogP contribution in [0.3, 0.4) is 0 Å². The summed E-state index contributed by atoms with van der Waals surface area (Å²) in [5, 5.41) is 3.97. The molecule has 5 heteroatoms. The number of aryl methyl sites for hydroxylation is 1. The van der Waals surface area contributed by atoms with E-state index in [4.69, 9.17) is 0 Å². The number of unbranched alkanes of at least 4 members (excludes halogenated alkanes) is 3. The fourth-order valence-electron chi connectivity index (χ4n) is 2.02. The number of aromatic nitrogens is 2. The van der Waals surface area contributed by atoms with Crippen molar-refractivity contribution >= 4 is 0 Å². The second kappa shape index (κ2) is 6.25. The normalized spacial score (nSPS) is 13.9. The van der Waals surface area contributed by atoms with Crippen LogP contribution in [0, 0.1) is 0 Å². The molecule has 18 heavy (non-hydrogen) atoms. The molecule has 0 aliphatic heterocycles. The molecule has 1 aromatic rings. The maximum Gasteiger partial charge on any atom is 0.433 e. The zero-order chi connectivity index (χ0) is 13.8. The van der Waals surface area contributed by atoms with Crippen molar-refractivity contribution in [3.8, 4) is 0 Å². The average molecular weight is 262 g/mol. The Hall–Kier alpha value is -1.00. The molecule has 0 bridgehead atoms. The summed E-state index contributed by atoms with van der Waals surface area (Å²) in [7, 11) is 1.34. The van der Waals surface area contributed by atoms with E-state index in [1.165, 1.54) is 19.5 Å². The lowest BCUT2D eigenvalue weighted by atomic mass is 9.99. The lowest BCUT2D eigenvalue weighted by Gasteiger charge is -2.07. The van der Waals surface area contributed by atoms with Crippen molar-refractivity contribution in [3.05, 3.63) is 17.5 Å². The Kier molecular flexibility index (Phi) is 5.23. The fraction of sp³-hybridized carbons (Fsp3) is 0.769. The average Bonchev–Trinajstić information content (AvgIpc) is 2.66. The first-order valence-electron chi connectivity index (χ1n) is 6.47. The van der Waals surface area contributed by atoms with Crippen LogP contribution in [0.2, 0.25) is 0 Å². The van der Waals surface area contributed by atoms with Gasteiger partial charge < -0.3 is 0 Å². The van der Waals surface area contributed by atoms with Crippen molar-refractivity contribution in [1.29, 1.82) is 0 Å². The van der Waals surface area contributed by atoms with Crippen LogP contribution in [0.25, 0.3) is 0 Å². The van der Waals surface area contributed by atoms with Gasteiger partial charge in [-0.25, -0.2) is 0 Å².